The standard InChI is InChI=1S/C16H25NO2/c1-5-6-7-15(18)17-8-9-19-16-13(3)10-12(2)11-14(16)4/h10-11H,5-9H2,1-4H3,(H,17,18). The number of nitrogens with one attached hydrogen (secondary N) is 1. The Morgan fingerprint density at radius 2 is 1.84 bits per heavy atom. The largest absolute Gasteiger partial charge is 0.491 e. The minimum Gasteiger partial charge on any atom is -0.491 e. The van der Waals surface area contributed by atoms with Crippen molar-refractivity contribution in [1.82, 2.24) is 5.32 Å². The molecule has 1 aromatic rings. The molecule has 19 heavy (non-hydrogen) atoms. The van der Waals surface area contributed by atoms with Crippen LogP contribution in [0.2, 0.25) is 0 Å². The lowest BCUT2D eigenvalue weighted by Gasteiger charge is -2.13. The fraction of sp³-hybridized carbons (Fsp3) is 0.562. The van der Waals surface area contributed by atoms with E-state index < -0.39 is 0 Å². The number of unbranched alkanes of at least 4 members (excludes halogenated alkanes) is 1. The van der Waals surface area contributed by atoms with Crippen molar-refractivity contribution in [2.45, 2.75) is 47.0 Å². The minimum atomic E-state index is 0.114. The molecule has 1 rings (SSSR count). The summed E-state index contributed by atoms with van der Waals surface area (Å²) >= 11 is 0. The summed E-state index contributed by atoms with van der Waals surface area (Å²) in [5, 5.41) is 2.87. The summed E-state index contributed by atoms with van der Waals surface area (Å²) in [6, 6.07) is 4.23. The molecular formula is C16H25NO2. The van der Waals surface area contributed by atoms with Crippen LogP contribution in [0, 0.1) is 20.8 Å². The van der Waals surface area contributed by atoms with Gasteiger partial charge in [-0.3, -0.25) is 4.79 Å². The first-order chi connectivity index (χ1) is 9.04. The summed E-state index contributed by atoms with van der Waals surface area (Å²) in [6.07, 6.45) is 2.60. The summed E-state index contributed by atoms with van der Waals surface area (Å²) in [4.78, 5) is 11.4. The van der Waals surface area contributed by atoms with E-state index in [9.17, 15) is 4.79 Å². The number of ether oxygens (including phenoxy) is 1. The van der Waals surface area contributed by atoms with E-state index in [0.29, 0.717) is 19.6 Å². The van der Waals surface area contributed by atoms with Gasteiger partial charge in [0.2, 0.25) is 5.91 Å². The lowest BCUT2D eigenvalue weighted by molar-refractivity contribution is -0.121. The van der Waals surface area contributed by atoms with Gasteiger partial charge in [0.25, 0.3) is 0 Å². The maximum absolute atomic E-state index is 11.4. The van der Waals surface area contributed by atoms with Crippen molar-refractivity contribution < 1.29 is 9.53 Å². The monoisotopic (exact) mass is 263 g/mol. The highest BCUT2D eigenvalue weighted by Gasteiger charge is 2.05. The highest BCUT2D eigenvalue weighted by molar-refractivity contribution is 5.75. The molecule has 106 valence electrons. The maximum Gasteiger partial charge on any atom is 0.220 e. The molecule has 0 unspecified atom stereocenters. The van der Waals surface area contributed by atoms with Gasteiger partial charge in [-0.15, -0.1) is 0 Å². The number of benzene rings is 1. The predicted octanol–water partition coefficient (Wildman–Crippen LogP) is 3.30. The van der Waals surface area contributed by atoms with Gasteiger partial charge in [-0.1, -0.05) is 31.0 Å². The third kappa shape index (κ3) is 5.33. The summed E-state index contributed by atoms with van der Waals surface area (Å²) in [5.74, 6) is 1.05. The molecule has 0 saturated carbocycles. The molecule has 1 amide bonds. The first-order valence-corrected chi connectivity index (χ1v) is 7.02. The fourth-order valence-electron chi connectivity index (χ4n) is 2.16. The van der Waals surface area contributed by atoms with Gasteiger partial charge in [0.05, 0.1) is 6.54 Å². The molecule has 3 heteroatoms. The first-order valence-electron chi connectivity index (χ1n) is 7.02. The van der Waals surface area contributed by atoms with Crippen LogP contribution in [0.5, 0.6) is 5.75 Å². The Morgan fingerprint density at radius 1 is 1.21 bits per heavy atom. The molecular weight excluding hydrogens is 238 g/mol. The van der Waals surface area contributed by atoms with Crippen LogP contribution in [0.1, 0.15) is 42.9 Å². The van der Waals surface area contributed by atoms with E-state index in [-0.39, 0.29) is 5.91 Å². The summed E-state index contributed by atoms with van der Waals surface area (Å²) in [5.41, 5.74) is 3.54. The molecule has 3 nitrogen and oxygen atoms in total. The number of hydrogen-bond donors (Lipinski definition) is 1. The Balaban J connectivity index is 2.36. The van der Waals surface area contributed by atoms with Crippen molar-refractivity contribution in [3.63, 3.8) is 0 Å². The van der Waals surface area contributed by atoms with Crippen molar-refractivity contribution in [2.75, 3.05) is 13.2 Å². The van der Waals surface area contributed by atoms with Crippen molar-refractivity contribution in [3.05, 3.63) is 28.8 Å². The molecule has 0 aliphatic carbocycles. The molecule has 0 heterocycles. The number of carbonyl (C=O) groups is 1. The van der Waals surface area contributed by atoms with Gasteiger partial charge in [-0.2, -0.15) is 0 Å². The van der Waals surface area contributed by atoms with E-state index in [4.69, 9.17) is 4.74 Å². The van der Waals surface area contributed by atoms with Gasteiger partial charge in [-0.25, -0.2) is 0 Å². The number of carbonyl (C=O) groups excluding carboxylic acids is 1. The quantitative estimate of drug-likeness (QED) is 0.767. The Kier molecular flexibility index (Phi) is 6.40. The van der Waals surface area contributed by atoms with E-state index in [1.165, 1.54) is 5.56 Å². The molecule has 0 saturated heterocycles. The van der Waals surface area contributed by atoms with Crippen LogP contribution < -0.4 is 10.1 Å². The number of hydrogen-bond acceptors (Lipinski definition) is 2. The van der Waals surface area contributed by atoms with Gasteiger partial charge in [0.15, 0.2) is 0 Å². The number of aryl methyl sites for hydroxylation is 3. The highest BCUT2D eigenvalue weighted by Crippen LogP contribution is 2.24. The zero-order valence-electron chi connectivity index (χ0n) is 12.5. The average molecular weight is 263 g/mol. The first kappa shape index (κ1) is 15.5. The molecule has 0 bridgehead atoms. The maximum atomic E-state index is 11.4. The van der Waals surface area contributed by atoms with Crippen molar-refractivity contribution in [2.24, 2.45) is 0 Å². The van der Waals surface area contributed by atoms with Gasteiger partial charge < -0.3 is 10.1 Å². The van der Waals surface area contributed by atoms with Crippen molar-refractivity contribution in [3.8, 4) is 5.75 Å². The summed E-state index contributed by atoms with van der Waals surface area (Å²) < 4.78 is 5.76. The van der Waals surface area contributed by atoms with Gasteiger partial charge in [-0.05, 0) is 38.3 Å². The van der Waals surface area contributed by atoms with Gasteiger partial charge in [0.1, 0.15) is 12.4 Å². The normalized spacial score (nSPS) is 10.3. The molecule has 0 fully saturated rings. The van der Waals surface area contributed by atoms with E-state index in [1.54, 1.807) is 0 Å². The lowest BCUT2D eigenvalue weighted by atomic mass is 10.1. The molecule has 1 aromatic carbocycles. The predicted molar refractivity (Wildman–Crippen MR) is 78.7 cm³/mol. The zero-order valence-corrected chi connectivity index (χ0v) is 12.5. The molecule has 0 atom stereocenters. The summed E-state index contributed by atoms with van der Waals surface area (Å²) in [7, 11) is 0. The Morgan fingerprint density at radius 3 is 2.42 bits per heavy atom. The second-order valence-corrected chi connectivity index (χ2v) is 5.03. The van der Waals surface area contributed by atoms with Crippen LogP contribution in [0.15, 0.2) is 12.1 Å². The average Bonchev–Trinajstić information content (AvgIpc) is 2.34. The SMILES string of the molecule is CCCCC(=O)NCCOc1c(C)cc(C)cc1C. The Labute approximate surface area is 116 Å². The van der Waals surface area contributed by atoms with Crippen molar-refractivity contribution >= 4 is 5.91 Å². The van der Waals surface area contributed by atoms with Crippen LogP contribution in [-0.4, -0.2) is 19.1 Å². The molecule has 0 radical (unpaired) electrons. The topological polar surface area (TPSA) is 38.3 Å². The van der Waals surface area contributed by atoms with Gasteiger partial charge in [0, 0.05) is 6.42 Å². The molecule has 0 spiro atoms. The smallest absolute Gasteiger partial charge is 0.220 e. The molecule has 0 aromatic heterocycles. The second-order valence-electron chi connectivity index (χ2n) is 5.03. The Bertz CT molecular complexity index is 404. The van der Waals surface area contributed by atoms with Crippen LogP contribution in [0.4, 0.5) is 0 Å². The molecule has 0 aliphatic heterocycles. The number of amides is 1. The fourth-order valence-corrected chi connectivity index (χ4v) is 2.16. The van der Waals surface area contributed by atoms with Crippen molar-refractivity contribution in [1.29, 1.82) is 0 Å². The highest BCUT2D eigenvalue weighted by atomic mass is 16.5. The van der Waals surface area contributed by atoms with Crippen LogP contribution >= 0.6 is 0 Å². The van der Waals surface area contributed by atoms with Crippen LogP contribution in [0.25, 0.3) is 0 Å². The third-order valence-electron chi connectivity index (χ3n) is 3.03. The third-order valence-corrected chi connectivity index (χ3v) is 3.03. The zero-order chi connectivity index (χ0) is 14.3. The number of rotatable bonds is 7. The van der Waals surface area contributed by atoms with E-state index in [2.05, 4.69) is 45.1 Å². The summed E-state index contributed by atoms with van der Waals surface area (Å²) in [6.45, 7) is 9.35. The van der Waals surface area contributed by atoms with Crippen LogP contribution in [-0.2, 0) is 4.79 Å². The van der Waals surface area contributed by atoms with E-state index in [1.807, 2.05) is 0 Å². The Hall–Kier alpha value is -1.51. The lowest BCUT2D eigenvalue weighted by Crippen LogP contribution is -2.27. The minimum absolute atomic E-state index is 0.114. The molecule has 0 aliphatic rings. The van der Waals surface area contributed by atoms with Gasteiger partial charge >= 0.3 is 0 Å². The van der Waals surface area contributed by atoms with E-state index in [0.717, 1.165) is 29.7 Å². The second kappa shape index (κ2) is 7.82. The van der Waals surface area contributed by atoms with E-state index >= 15 is 0 Å². The molecule has 1 N–H and O–H groups in total. The van der Waals surface area contributed by atoms with Crippen LogP contribution in [0.3, 0.4) is 0 Å².